The van der Waals surface area contributed by atoms with Crippen LogP contribution in [0, 0.1) is 11.8 Å². The molecule has 1 aliphatic rings. The van der Waals surface area contributed by atoms with Crippen molar-refractivity contribution in [1.82, 2.24) is 4.90 Å². The van der Waals surface area contributed by atoms with Crippen molar-refractivity contribution in [2.75, 3.05) is 38.1 Å². The van der Waals surface area contributed by atoms with Gasteiger partial charge in [-0.2, -0.15) is 0 Å². The molecule has 0 radical (unpaired) electrons. The van der Waals surface area contributed by atoms with Crippen molar-refractivity contribution in [3.05, 3.63) is 54.1 Å². The lowest BCUT2D eigenvalue weighted by Gasteiger charge is -2.34. The van der Waals surface area contributed by atoms with Gasteiger partial charge in [0.25, 0.3) is 0 Å². The van der Waals surface area contributed by atoms with Gasteiger partial charge in [0.15, 0.2) is 0 Å². The summed E-state index contributed by atoms with van der Waals surface area (Å²) in [6.07, 6.45) is 3.75. The number of hydrogen-bond acceptors (Lipinski definition) is 2. The summed E-state index contributed by atoms with van der Waals surface area (Å²) in [5, 5.41) is 0. The molecule has 1 aromatic rings. The van der Waals surface area contributed by atoms with Gasteiger partial charge < -0.3 is 9.80 Å². The molecule has 2 heteroatoms. The number of piperazine rings is 1. The fourth-order valence-electron chi connectivity index (χ4n) is 2.21. The molecule has 1 aromatic carbocycles. The number of rotatable bonds is 2. The molecule has 2 nitrogen and oxygen atoms in total. The van der Waals surface area contributed by atoms with E-state index in [4.69, 9.17) is 0 Å². The Labute approximate surface area is 122 Å². The summed E-state index contributed by atoms with van der Waals surface area (Å²) in [7, 11) is 2.18. The molecule has 2 rings (SSSR count). The van der Waals surface area contributed by atoms with E-state index in [9.17, 15) is 0 Å². The fraction of sp³-hybridized carbons (Fsp3) is 0.333. The Balaban J connectivity index is 2.05. The highest BCUT2D eigenvalue weighted by atomic mass is 15.2. The van der Waals surface area contributed by atoms with Crippen molar-refractivity contribution in [3.8, 4) is 11.8 Å². The molecule has 0 N–H and O–H groups in total. The van der Waals surface area contributed by atoms with E-state index in [1.807, 2.05) is 13.0 Å². The van der Waals surface area contributed by atoms with E-state index in [0.717, 1.165) is 37.3 Å². The molecule has 1 saturated heterocycles. The quantitative estimate of drug-likeness (QED) is 0.600. The van der Waals surface area contributed by atoms with Crippen LogP contribution in [0.1, 0.15) is 12.5 Å². The van der Waals surface area contributed by atoms with Gasteiger partial charge in [0.2, 0.25) is 0 Å². The van der Waals surface area contributed by atoms with Crippen molar-refractivity contribution in [3.63, 3.8) is 0 Å². The second kappa shape index (κ2) is 6.98. The van der Waals surface area contributed by atoms with Crippen LogP contribution in [0.25, 0.3) is 0 Å². The maximum Gasteiger partial charge on any atom is 0.0367 e. The minimum absolute atomic E-state index is 0.966. The maximum absolute atomic E-state index is 3.74. The van der Waals surface area contributed by atoms with Gasteiger partial charge in [-0.15, -0.1) is 0 Å². The summed E-state index contributed by atoms with van der Waals surface area (Å²) < 4.78 is 0. The summed E-state index contributed by atoms with van der Waals surface area (Å²) >= 11 is 0. The first kappa shape index (κ1) is 14.4. The Hall–Kier alpha value is -1.98. The second-order valence-corrected chi connectivity index (χ2v) is 5.04. The predicted molar refractivity (Wildman–Crippen MR) is 87.0 cm³/mol. The van der Waals surface area contributed by atoms with Gasteiger partial charge in [0, 0.05) is 43.0 Å². The van der Waals surface area contributed by atoms with Gasteiger partial charge in [-0.05, 0) is 38.2 Å². The minimum atomic E-state index is 0.966. The smallest absolute Gasteiger partial charge is 0.0367 e. The van der Waals surface area contributed by atoms with Crippen molar-refractivity contribution < 1.29 is 0 Å². The molecule has 0 spiro atoms. The standard InChI is InChI=1S/C18H22N2/c1-4-16(5-2)6-7-17-8-10-18(11-9-17)20-14-12-19(3)13-15-20/h4-5,8-11H,1,12-15H2,2-3H3/b16-5+. The number of benzene rings is 1. The first-order valence-corrected chi connectivity index (χ1v) is 7.07. The van der Waals surface area contributed by atoms with Crippen molar-refractivity contribution in [2.24, 2.45) is 0 Å². The molecule has 1 aliphatic heterocycles. The first-order valence-electron chi connectivity index (χ1n) is 7.07. The van der Waals surface area contributed by atoms with E-state index in [1.54, 1.807) is 6.08 Å². The number of nitrogens with zero attached hydrogens (tertiary/aromatic N) is 2. The molecule has 1 fully saturated rings. The number of anilines is 1. The minimum Gasteiger partial charge on any atom is -0.369 e. The van der Waals surface area contributed by atoms with Crippen LogP contribution in [0.2, 0.25) is 0 Å². The highest BCUT2D eigenvalue weighted by Gasteiger charge is 2.13. The lowest BCUT2D eigenvalue weighted by Crippen LogP contribution is -2.44. The van der Waals surface area contributed by atoms with Crippen LogP contribution >= 0.6 is 0 Å². The highest BCUT2D eigenvalue weighted by molar-refractivity contribution is 5.52. The van der Waals surface area contributed by atoms with Crippen LogP contribution in [0.4, 0.5) is 5.69 Å². The Morgan fingerprint density at radius 1 is 1.15 bits per heavy atom. The number of hydrogen-bond donors (Lipinski definition) is 0. The summed E-state index contributed by atoms with van der Waals surface area (Å²) in [4.78, 5) is 4.79. The molecule has 0 atom stereocenters. The third kappa shape index (κ3) is 3.76. The van der Waals surface area contributed by atoms with Gasteiger partial charge in [-0.1, -0.05) is 30.6 Å². The largest absolute Gasteiger partial charge is 0.369 e. The van der Waals surface area contributed by atoms with E-state index in [1.165, 1.54) is 5.69 Å². The zero-order valence-electron chi connectivity index (χ0n) is 12.4. The average Bonchev–Trinajstić information content (AvgIpc) is 2.50. The molecule has 20 heavy (non-hydrogen) atoms. The fourth-order valence-corrected chi connectivity index (χ4v) is 2.21. The molecule has 0 aliphatic carbocycles. The van der Waals surface area contributed by atoms with Gasteiger partial charge in [0.05, 0.1) is 0 Å². The van der Waals surface area contributed by atoms with Crippen LogP contribution in [0.15, 0.2) is 48.6 Å². The molecule has 1 heterocycles. The third-order valence-electron chi connectivity index (χ3n) is 3.62. The van der Waals surface area contributed by atoms with Gasteiger partial charge in [-0.25, -0.2) is 0 Å². The summed E-state index contributed by atoms with van der Waals surface area (Å²) in [5.41, 5.74) is 3.30. The maximum atomic E-state index is 3.74. The zero-order valence-corrected chi connectivity index (χ0v) is 12.4. The van der Waals surface area contributed by atoms with Crippen LogP contribution in [-0.2, 0) is 0 Å². The van der Waals surface area contributed by atoms with Crippen LogP contribution in [0.3, 0.4) is 0 Å². The molecular weight excluding hydrogens is 244 g/mol. The molecule has 104 valence electrons. The Morgan fingerprint density at radius 2 is 1.80 bits per heavy atom. The van der Waals surface area contributed by atoms with E-state index in [2.05, 4.69) is 59.5 Å². The van der Waals surface area contributed by atoms with E-state index >= 15 is 0 Å². The molecule has 0 bridgehead atoms. The van der Waals surface area contributed by atoms with Gasteiger partial charge in [-0.3, -0.25) is 0 Å². The predicted octanol–water partition coefficient (Wildman–Crippen LogP) is 2.92. The lowest BCUT2D eigenvalue weighted by atomic mass is 10.1. The third-order valence-corrected chi connectivity index (χ3v) is 3.62. The van der Waals surface area contributed by atoms with E-state index in [0.29, 0.717) is 0 Å². The molecule has 0 saturated carbocycles. The van der Waals surface area contributed by atoms with Gasteiger partial charge in [0.1, 0.15) is 0 Å². The molecule has 0 aromatic heterocycles. The summed E-state index contributed by atoms with van der Waals surface area (Å²) in [6, 6.07) is 8.52. The van der Waals surface area contributed by atoms with Crippen LogP contribution in [-0.4, -0.2) is 38.1 Å². The van der Waals surface area contributed by atoms with Crippen molar-refractivity contribution >= 4 is 5.69 Å². The number of likely N-dealkylation sites (N-methyl/N-ethyl adjacent to an activating group) is 1. The van der Waals surface area contributed by atoms with E-state index in [-0.39, 0.29) is 0 Å². The Bertz CT molecular complexity index is 535. The zero-order chi connectivity index (χ0) is 14.4. The molecule has 0 amide bonds. The summed E-state index contributed by atoms with van der Waals surface area (Å²) in [6.45, 7) is 10.2. The average molecular weight is 266 g/mol. The normalized spacial score (nSPS) is 16.5. The number of allylic oxidation sites excluding steroid dienone is 3. The SMILES string of the molecule is C=C/C(C#Cc1ccc(N2CCN(C)CC2)cc1)=C\C. The Morgan fingerprint density at radius 3 is 2.35 bits per heavy atom. The van der Waals surface area contributed by atoms with Crippen LogP contribution in [0.5, 0.6) is 0 Å². The monoisotopic (exact) mass is 266 g/mol. The highest BCUT2D eigenvalue weighted by Crippen LogP contribution is 2.16. The van der Waals surface area contributed by atoms with E-state index < -0.39 is 0 Å². The van der Waals surface area contributed by atoms with Crippen LogP contribution < -0.4 is 4.90 Å². The molecular formula is C18H22N2. The topological polar surface area (TPSA) is 6.48 Å². The molecule has 0 unspecified atom stereocenters. The summed E-state index contributed by atoms with van der Waals surface area (Å²) in [5.74, 6) is 6.28. The van der Waals surface area contributed by atoms with Crippen molar-refractivity contribution in [1.29, 1.82) is 0 Å². The van der Waals surface area contributed by atoms with Crippen molar-refractivity contribution in [2.45, 2.75) is 6.92 Å². The lowest BCUT2D eigenvalue weighted by molar-refractivity contribution is 0.313. The Kier molecular flexibility index (Phi) is 5.03. The second-order valence-electron chi connectivity index (χ2n) is 5.04. The first-order chi connectivity index (χ1) is 9.72. The van der Waals surface area contributed by atoms with Gasteiger partial charge >= 0.3 is 0 Å².